The highest BCUT2D eigenvalue weighted by atomic mass is 15.1. The minimum Gasteiger partial charge on any atom is -0.330 e. The monoisotopic (exact) mass is 264 g/mol. The van der Waals surface area contributed by atoms with Crippen LogP contribution in [-0.2, 0) is 0 Å². The second kappa shape index (κ2) is 8.55. The molecule has 5 N–H and O–H groups in total. The Morgan fingerprint density at radius 1 is 1.58 bits per heavy atom. The lowest BCUT2D eigenvalue weighted by atomic mass is 10.3. The van der Waals surface area contributed by atoms with Crippen molar-refractivity contribution in [2.45, 2.75) is 32.2 Å². The molecule has 0 radical (unpaired) electrons. The summed E-state index contributed by atoms with van der Waals surface area (Å²) in [5.74, 6) is 1.97. The van der Waals surface area contributed by atoms with Crippen molar-refractivity contribution in [2.75, 3.05) is 13.1 Å². The molecule has 6 nitrogen and oxygen atoms in total. The van der Waals surface area contributed by atoms with E-state index in [4.69, 9.17) is 11.1 Å². The molecule has 6 heteroatoms. The van der Waals surface area contributed by atoms with Crippen molar-refractivity contribution < 1.29 is 0 Å². The van der Waals surface area contributed by atoms with Gasteiger partial charge >= 0.3 is 0 Å². The maximum atomic E-state index is 7.10. The van der Waals surface area contributed by atoms with E-state index in [2.05, 4.69) is 27.2 Å². The third kappa shape index (κ3) is 6.83. The van der Waals surface area contributed by atoms with Gasteiger partial charge in [-0.25, -0.2) is 9.98 Å². The van der Waals surface area contributed by atoms with E-state index in [1.807, 2.05) is 6.92 Å². The standard InChI is InChI=1S/C13H24N6/c1-10(17-8-12-4-5-12)13(18-9-15)19-11(2)16-7-3-6-14/h7,9-10,12,17H,2-6,8,14H2,1H3,(H2,15,18,19). The van der Waals surface area contributed by atoms with Crippen LogP contribution in [0.2, 0.25) is 0 Å². The van der Waals surface area contributed by atoms with Crippen molar-refractivity contribution in [3.63, 3.8) is 0 Å². The number of hydrogen-bond donors (Lipinski definition) is 4. The van der Waals surface area contributed by atoms with Crippen LogP contribution in [-0.4, -0.2) is 37.5 Å². The Morgan fingerprint density at radius 3 is 2.89 bits per heavy atom. The lowest BCUT2D eigenvalue weighted by molar-refractivity contribution is 0.606. The Kier molecular flexibility index (Phi) is 6.99. The second-order valence-electron chi connectivity index (χ2n) is 4.68. The number of amidine groups is 1. The molecule has 0 aromatic heterocycles. The molecule has 1 atom stereocenters. The fourth-order valence-corrected chi connectivity index (χ4v) is 1.51. The molecule has 106 valence electrons. The molecular formula is C13H24N6. The summed E-state index contributed by atoms with van der Waals surface area (Å²) < 4.78 is 0. The molecule has 1 unspecified atom stereocenters. The van der Waals surface area contributed by atoms with Crippen LogP contribution in [0.1, 0.15) is 26.2 Å². The summed E-state index contributed by atoms with van der Waals surface area (Å²) in [5, 5.41) is 13.5. The van der Waals surface area contributed by atoms with Gasteiger partial charge in [-0.15, -0.1) is 0 Å². The number of nitrogens with two attached hydrogens (primary N) is 1. The summed E-state index contributed by atoms with van der Waals surface area (Å²) in [4.78, 5) is 8.15. The zero-order valence-corrected chi connectivity index (χ0v) is 11.5. The van der Waals surface area contributed by atoms with E-state index >= 15 is 0 Å². The zero-order valence-electron chi connectivity index (χ0n) is 11.5. The van der Waals surface area contributed by atoms with Crippen molar-refractivity contribution in [1.29, 1.82) is 5.41 Å². The molecule has 1 saturated carbocycles. The quantitative estimate of drug-likeness (QED) is 0.367. The van der Waals surface area contributed by atoms with E-state index in [0.29, 0.717) is 24.6 Å². The van der Waals surface area contributed by atoms with Gasteiger partial charge in [0.2, 0.25) is 0 Å². The predicted molar refractivity (Wildman–Crippen MR) is 80.8 cm³/mol. The molecule has 0 bridgehead atoms. The van der Waals surface area contributed by atoms with Crippen LogP contribution in [0.15, 0.2) is 22.4 Å². The van der Waals surface area contributed by atoms with Crippen LogP contribution in [0.25, 0.3) is 0 Å². The first-order chi connectivity index (χ1) is 9.17. The molecule has 1 rings (SSSR count). The molecule has 1 fully saturated rings. The number of hydrogen-bond acceptors (Lipinski definition) is 4. The van der Waals surface area contributed by atoms with Gasteiger partial charge in [-0.05, 0) is 45.2 Å². The molecule has 0 amide bonds. The van der Waals surface area contributed by atoms with Crippen molar-refractivity contribution in [3.05, 3.63) is 12.4 Å². The van der Waals surface area contributed by atoms with Crippen molar-refractivity contribution >= 4 is 18.4 Å². The van der Waals surface area contributed by atoms with Gasteiger partial charge in [-0.3, -0.25) is 5.41 Å². The van der Waals surface area contributed by atoms with Crippen LogP contribution in [0, 0.1) is 11.3 Å². The minimum absolute atomic E-state index is 0.0451. The number of nitrogens with zero attached hydrogens (tertiary/aromatic N) is 2. The van der Waals surface area contributed by atoms with Gasteiger partial charge in [0.1, 0.15) is 18.0 Å². The topological polar surface area (TPSA) is 98.7 Å². The highest BCUT2D eigenvalue weighted by molar-refractivity contribution is 5.93. The van der Waals surface area contributed by atoms with Crippen LogP contribution in [0.3, 0.4) is 0 Å². The minimum atomic E-state index is 0.0451. The molecule has 0 saturated heterocycles. The molecule has 0 spiro atoms. The van der Waals surface area contributed by atoms with Gasteiger partial charge < -0.3 is 16.4 Å². The average Bonchev–Trinajstić information content (AvgIpc) is 3.20. The Balaban J connectivity index is 2.43. The number of nitrogens with one attached hydrogen (secondary N) is 3. The smallest absolute Gasteiger partial charge is 0.126 e. The highest BCUT2D eigenvalue weighted by Crippen LogP contribution is 2.27. The second-order valence-corrected chi connectivity index (χ2v) is 4.68. The maximum Gasteiger partial charge on any atom is 0.126 e. The summed E-state index contributed by atoms with van der Waals surface area (Å²) in [6, 6.07) is 0.0451. The maximum absolute atomic E-state index is 7.10. The fourth-order valence-electron chi connectivity index (χ4n) is 1.51. The van der Waals surface area contributed by atoms with Crippen molar-refractivity contribution in [1.82, 2.24) is 10.6 Å². The normalized spacial score (nSPS) is 17.5. The van der Waals surface area contributed by atoms with Gasteiger partial charge in [0.15, 0.2) is 0 Å². The fraction of sp³-hybridized carbons (Fsp3) is 0.615. The van der Waals surface area contributed by atoms with Crippen LogP contribution >= 0.6 is 0 Å². The Morgan fingerprint density at radius 2 is 2.32 bits per heavy atom. The Labute approximate surface area is 114 Å². The molecule has 0 aliphatic heterocycles. The van der Waals surface area contributed by atoms with E-state index in [-0.39, 0.29) is 6.04 Å². The summed E-state index contributed by atoms with van der Waals surface area (Å²) in [7, 11) is 0. The van der Waals surface area contributed by atoms with Crippen LogP contribution in [0.4, 0.5) is 0 Å². The van der Waals surface area contributed by atoms with Crippen molar-refractivity contribution in [2.24, 2.45) is 21.6 Å². The number of aliphatic imine (C=N–C) groups is 2. The highest BCUT2D eigenvalue weighted by Gasteiger charge is 2.22. The van der Waals surface area contributed by atoms with E-state index in [1.54, 1.807) is 6.21 Å². The van der Waals surface area contributed by atoms with Gasteiger partial charge in [0.05, 0.1) is 6.04 Å². The van der Waals surface area contributed by atoms with Crippen LogP contribution < -0.4 is 16.4 Å². The summed E-state index contributed by atoms with van der Waals surface area (Å²) in [5.41, 5.74) is 5.38. The molecular weight excluding hydrogens is 240 g/mol. The molecule has 0 aromatic carbocycles. The first kappa shape index (κ1) is 15.5. The molecule has 19 heavy (non-hydrogen) atoms. The number of rotatable bonds is 9. The third-order valence-corrected chi connectivity index (χ3v) is 2.84. The Hall–Kier alpha value is -1.53. The molecule has 1 aliphatic rings. The SMILES string of the molecule is C=C(N=CCCN)NC(=NC=N)C(C)NCC1CC1. The molecule has 1 aliphatic carbocycles. The first-order valence-corrected chi connectivity index (χ1v) is 6.66. The van der Waals surface area contributed by atoms with Gasteiger partial charge in [-0.2, -0.15) is 0 Å². The predicted octanol–water partition coefficient (Wildman–Crippen LogP) is 0.860. The average molecular weight is 264 g/mol. The van der Waals surface area contributed by atoms with E-state index in [0.717, 1.165) is 18.8 Å². The van der Waals surface area contributed by atoms with Gasteiger partial charge in [0, 0.05) is 6.21 Å². The Bertz CT molecular complexity index is 356. The third-order valence-electron chi connectivity index (χ3n) is 2.84. The van der Waals surface area contributed by atoms with E-state index in [1.165, 1.54) is 12.8 Å². The summed E-state index contributed by atoms with van der Waals surface area (Å²) in [6.45, 7) is 7.37. The van der Waals surface area contributed by atoms with Gasteiger partial charge in [0.25, 0.3) is 0 Å². The lowest BCUT2D eigenvalue weighted by Crippen LogP contribution is -2.42. The molecule has 0 aromatic rings. The van der Waals surface area contributed by atoms with Crippen LogP contribution in [0.5, 0.6) is 0 Å². The van der Waals surface area contributed by atoms with E-state index in [9.17, 15) is 0 Å². The largest absolute Gasteiger partial charge is 0.330 e. The summed E-state index contributed by atoms with van der Waals surface area (Å²) in [6.07, 6.45) is 6.07. The zero-order chi connectivity index (χ0) is 14.1. The van der Waals surface area contributed by atoms with Gasteiger partial charge in [-0.1, -0.05) is 6.58 Å². The first-order valence-electron chi connectivity index (χ1n) is 6.66. The lowest BCUT2D eigenvalue weighted by Gasteiger charge is -2.17. The summed E-state index contributed by atoms with van der Waals surface area (Å²) >= 11 is 0. The van der Waals surface area contributed by atoms with E-state index < -0.39 is 0 Å². The van der Waals surface area contributed by atoms with Crippen molar-refractivity contribution in [3.8, 4) is 0 Å². The molecule has 0 heterocycles.